The van der Waals surface area contributed by atoms with Crippen molar-refractivity contribution in [1.82, 2.24) is 5.32 Å². The van der Waals surface area contributed by atoms with Gasteiger partial charge in [0, 0.05) is 32.0 Å². The Morgan fingerprint density at radius 3 is 2.85 bits per heavy atom. The van der Waals surface area contributed by atoms with E-state index in [-0.39, 0.29) is 17.4 Å². The molecule has 7 heteroatoms. The number of hydrogen-bond donors (Lipinski definition) is 2. The van der Waals surface area contributed by atoms with Crippen molar-refractivity contribution in [1.29, 1.82) is 0 Å². The number of ether oxygens (including phenoxy) is 1. The Bertz CT molecular complexity index is 497. The standard InChI is InChI=1S/C13H18FN3O2S/c1-17(8-12(18)16-5-6-19-2)11-4-3-9(14)7-10(11)13(15)20/h3-4,7H,5-6,8H2,1-2H3,(H2,15,20)(H,16,18). The summed E-state index contributed by atoms with van der Waals surface area (Å²) >= 11 is 4.90. The Hall–Kier alpha value is -1.73. The van der Waals surface area contributed by atoms with Gasteiger partial charge in [0.05, 0.1) is 13.2 Å². The van der Waals surface area contributed by atoms with Crippen molar-refractivity contribution < 1.29 is 13.9 Å². The predicted molar refractivity (Wildman–Crippen MR) is 80.4 cm³/mol. The second-order valence-electron chi connectivity index (χ2n) is 4.22. The molecule has 0 unspecified atom stereocenters. The molecule has 1 rings (SSSR count). The number of halogens is 1. The van der Waals surface area contributed by atoms with Gasteiger partial charge in [-0.05, 0) is 18.2 Å². The van der Waals surface area contributed by atoms with E-state index in [2.05, 4.69) is 5.32 Å². The van der Waals surface area contributed by atoms with Crippen LogP contribution >= 0.6 is 12.2 Å². The summed E-state index contributed by atoms with van der Waals surface area (Å²) in [7, 11) is 3.27. The van der Waals surface area contributed by atoms with E-state index in [0.717, 1.165) is 0 Å². The van der Waals surface area contributed by atoms with Gasteiger partial charge in [-0.2, -0.15) is 0 Å². The fourth-order valence-electron chi connectivity index (χ4n) is 1.69. The zero-order valence-corrected chi connectivity index (χ0v) is 12.3. The number of methoxy groups -OCH3 is 1. The lowest BCUT2D eigenvalue weighted by Crippen LogP contribution is -2.37. The van der Waals surface area contributed by atoms with Crippen molar-refractivity contribution in [3.63, 3.8) is 0 Å². The van der Waals surface area contributed by atoms with Crippen LogP contribution in [0.4, 0.5) is 10.1 Å². The van der Waals surface area contributed by atoms with Gasteiger partial charge in [-0.25, -0.2) is 4.39 Å². The SMILES string of the molecule is COCCNC(=O)CN(C)c1ccc(F)cc1C(N)=S. The van der Waals surface area contributed by atoms with Crippen LogP contribution in [0.1, 0.15) is 5.56 Å². The summed E-state index contributed by atoms with van der Waals surface area (Å²) in [6, 6.07) is 4.11. The lowest BCUT2D eigenvalue weighted by molar-refractivity contribution is -0.119. The molecule has 0 saturated carbocycles. The summed E-state index contributed by atoms with van der Waals surface area (Å²) in [4.78, 5) is 13.5. The Balaban J connectivity index is 2.74. The summed E-state index contributed by atoms with van der Waals surface area (Å²) in [6.45, 7) is 1.00. The molecule has 0 bridgehead atoms. The first kappa shape index (κ1) is 16.3. The van der Waals surface area contributed by atoms with E-state index >= 15 is 0 Å². The van der Waals surface area contributed by atoms with E-state index in [9.17, 15) is 9.18 Å². The Kier molecular flexibility index (Phi) is 6.33. The van der Waals surface area contributed by atoms with Gasteiger partial charge in [0.15, 0.2) is 0 Å². The first-order valence-electron chi connectivity index (χ1n) is 6.02. The summed E-state index contributed by atoms with van der Waals surface area (Å²) in [5.74, 6) is -0.586. The number of carbonyl (C=O) groups is 1. The van der Waals surface area contributed by atoms with Gasteiger partial charge in [-0.3, -0.25) is 4.79 Å². The average molecular weight is 299 g/mol. The van der Waals surface area contributed by atoms with Gasteiger partial charge in [0.25, 0.3) is 0 Å². The van der Waals surface area contributed by atoms with Crippen molar-refractivity contribution in [2.45, 2.75) is 0 Å². The average Bonchev–Trinajstić information content (AvgIpc) is 2.38. The summed E-state index contributed by atoms with van der Waals surface area (Å²) < 4.78 is 18.1. The number of rotatable bonds is 7. The van der Waals surface area contributed by atoms with Crippen molar-refractivity contribution in [2.75, 3.05) is 38.8 Å². The van der Waals surface area contributed by atoms with Crippen LogP contribution in [-0.2, 0) is 9.53 Å². The summed E-state index contributed by atoms with van der Waals surface area (Å²) in [6.07, 6.45) is 0. The maximum Gasteiger partial charge on any atom is 0.239 e. The number of benzene rings is 1. The van der Waals surface area contributed by atoms with E-state index < -0.39 is 5.82 Å². The van der Waals surface area contributed by atoms with E-state index in [0.29, 0.717) is 24.4 Å². The normalized spacial score (nSPS) is 10.2. The molecule has 0 heterocycles. The third kappa shape index (κ3) is 4.75. The van der Waals surface area contributed by atoms with Gasteiger partial charge in [-0.15, -0.1) is 0 Å². The van der Waals surface area contributed by atoms with Crippen LogP contribution in [0.15, 0.2) is 18.2 Å². The zero-order chi connectivity index (χ0) is 15.1. The first-order valence-corrected chi connectivity index (χ1v) is 6.42. The number of nitrogens with one attached hydrogen (secondary N) is 1. The number of thiocarbonyl (C=S) groups is 1. The molecule has 0 atom stereocenters. The Morgan fingerprint density at radius 2 is 2.25 bits per heavy atom. The van der Waals surface area contributed by atoms with Gasteiger partial charge >= 0.3 is 0 Å². The molecule has 0 aliphatic rings. The highest BCUT2D eigenvalue weighted by atomic mass is 32.1. The minimum absolute atomic E-state index is 0.0890. The smallest absolute Gasteiger partial charge is 0.239 e. The molecule has 1 amide bonds. The molecular weight excluding hydrogens is 281 g/mol. The van der Waals surface area contributed by atoms with Gasteiger partial charge in [0.1, 0.15) is 10.8 Å². The molecule has 3 N–H and O–H groups in total. The molecule has 0 aliphatic carbocycles. The van der Waals surface area contributed by atoms with Crippen LogP contribution in [0.5, 0.6) is 0 Å². The molecule has 0 radical (unpaired) electrons. The number of likely N-dealkylation sites (N-methyl/N-ethyl adjacent to an activating group) is 1. The van der Waals surface area contributed by atoms with Crippen molar-refractivity contribution in [2.24, 2.45) is 5.73 Å². The summed E-state index contributed by atoms with van der Waals surface area (Å²) in [5, 5.41) is 2.70. The van der Waals surface area contributed by atoms with Crippen LogP contribution in [0.3, 0.4) is 0 Å². The van der Waals surface area contributed by atoms with Crippen molar-refractivity contribution >= 4 is 28.8 Å². The minimum Gasteiger partial charge on any atom is -0.389 e. The Labute approximate surface area is 122 Å². The minimum atomic E-state index is -0.422. The fraction of sp³-hybridized carbons (Fsp3) is 0.385. The molecule has 1 aromatic carbocycles. The predicted octanol–water partition coefficient (Wildman–Crippen LogP) is 0.659. The highest BCUT2D eigenvalue weighted by Crippen LogP contribution is 2.20. The topological polar surface area (TPSA) is 67.6 Å². The molecule has 0 saturated heterocycles. The van der Waals surface area contributed by atoms with E-state index in [4.69, 9.17) is 22.7 Å². The molecule has 0 aromatic heterocycles. The molecule has 0 spiro atoms. The highest BCUT2D eigenvalue weighted by molar-refractivity contribution is 7.80. The van der Waals surface area contributed by atoms with Gasteiger partial charge in [0.2, 0.25) is 5.91 Å². The van der Waals surface area contributed by atoms with E-state index in [1.165, 1.54) is 12.1 Å². The maximum absolute atomic E-state index is 13.2. The monoisotopic (exact) mass is 299 g/mol. The quantitative estimate of drug-likeness (QED) is 0.572. The highest BCUT2D eigenvalue weighted by Gasteiger charge is 2.13. The largest absolute Gasteiger partial charge is 0.389 e. The van der Waals surface area contributed by atoms with Crippen molar-refractivity contribution in [3.8, 4) is 0 Å². The molecule has 20 heavy (non-hydrogen) atoms. The van der Waals surface area contributed by atoms with Gasteiger partial charge < -0.3 is 20.7 Å². The van der Waals surface area contributed by atoms with Crippen LogP contribution in [0.2, 0.25) is 0 Å². The number of hydrogen-bond acceptors (Lipinski definition) is 4. The second kappa shape index (κ2) is 7.76. The van der Waals surface area contributed by atoms with E-state index in [1.807, 2.05) is 0 Å². The maximum atomic E-state index is 13.2. The molecule has 1 aromatic rings. The number of carbonyl (C=O) groups excluding carboxylic acids is 1. The summed E-state index contributed by atoms with van der Waals surface area (Å²) in [5.41, 5.74) is 6.59. The number of anilines is 1. The number of nitrogens with zero attached hydrogens (tertiary/aromatic N) is 1. The third-order valence-corrected chi connectivity index (χ3v) is 2.86. The fourth-order valence-corrected chi connectivity index (χ4v) is 1.85. The first-order chi connectivity index (χ1) is 9.45. The van der Waals surface area contributed by atoms with Crippen LogP contribution < -0.4 is 16.0 Å². The van der Waals surface area contributed by atoms with Crippen LogP contribution in [0.25, 0.3) is 0 Å². The number of nitrogens with two attached hydrogens (primary N) is 1. The van der Waals surface area contributed by atoms with Crippen LogP contribution in [0, 0.1) is 5.82 Å². The lowest BCUT2D eigenvalue weighted by atomic mass is 10.1. The lowest BCUT2D eigenvalue weighted by Gasteiger charge is -2.21. The molecular formula is C13H18FN3O2S. The molecule has 0 aliphatic heterocycles. The zero-order valence-electron chi connectivity index (χ0n) is 11.5. The van der Waals surface area contributed by atoms with Crippen LogP contribution in [-0.4, -0.2) is 44.7 Å². The van der Waals surface area contributed by atoms with E-state index in [1.54, 1.807) is 25.1 Å². The molecule has 0 fully saturated rings. The molecule has 110 valence electrons. The van der Waals surface area contributed by atoms with Crippen molar-refractivity contribution in [3.05, 3.63) is 29.6 Å². The second-order valence-corrected chi connectivity index (χ2v) is 4.66. The third-order valence-electron chi connectivity index (χ3n) is 2.64. The molecule has 5 nitrogen and oxygen atoms in total. The Morgan fingerprint density at radius 1 is 1.55 bits per heavy atom. The number of amides is 1. The van der Waals surface area contributed by atoms with Gasteiger partial charge in [-0.1, -0.05) is 12.2 Å².